The Morgan fingerprint density at radius 2 is 1.95 bits per heavy atom. The Hall–Kier alpha value is -2.21. The van der Waals surface area contributed by atoms with Crippen LogP contribution in [-0.4, -0.2) is 25.9 Å². The lowest BCUT2D eigenvalue weighted by Crippen LogP contribution is -1.92. The Balaban J connectivity index is 1.49. The van der Waals surface area contributed by atoms with Crippen molar-refractivity contribution in [3.05, 3.63) is 54.2 Å². The van der Waals surface area contributed by atoms with Crippen LogP contribution in [0.5, 0.6) is 0 Å². The summed E-state index contributed by atoms with van der Waals surface area (Å²) >= 11 is 1.64. The van der Waals surface area contributed by atoms with E-state index in [9.17, 15) is 0 Å². The quantitative estimate of drug-likeness (QED) is 0.394. The second kappa shape index (κ2) is 7.17. The van der Waals surface area contributed by atoms with E-state index >= 15 is 0 Å². The van der Waals surface area contributed by atoms with Crippen molar-refractivity contribution < 1.29 is 4.52 Å². The van der Waals surface area contributed by atoms with Crippen LogP contribution < -0.4 is 0 Å². The van der Waals surface area contributed by atoms with Crippen LogP contribution in [0.15, 0.2) is 52.3 Å². The van der Waals surface area contributed by atoms with Gasteiger partial charge in [0.15, 0.2) is 5.16 Å². The number of rotatable bonds is 6. The lowest BCUT2D eigenvalue weighted by molar-refractivity contribution is 0.378. The van der Waals surface area contributed by atoms with E-state index in [1.165, 1.54) is 0 Å². The molecule has 0 N–H and O–H groups in total. The van der Waals surface area contributed by atoms with E-state index in [0.29, 0.717) is 11.7 Å². The first-order valence-electron chi connectivity index (χ1n) is 7.12. The zero-order chi connectivity index (χ0) is 15.2. The second-order valence-electron chi connectivity index (χ2n) is 4.81. The zero-order valence-electron chi connectivity index (χ0n) is 12.3. The molecule has 112 valence electrons. The topological polar surface area (TPSA) is 64.7 Å². The molecule has 22 heavy (non-hydrogen) atoms. The smallest absolute Gasteiger partial charge is 0.226 e. The molecule has 0 spiro atoms. The maximum absolute atomic E-state index is 5.29. The molecule has 0 unspecified atom stereocenters. The van der Waals surface area contributed by atoms with Gasteiger partial charge in [0.05, 0.1) is 0 Å². The van der Waals surface area contributed by atoms with Gasteiger partial charge in [-0.15, -0.1) is 0 Å². The van der Waals surface area contributed by atoms with Crippen molar-refractivity contribution >= 4 is 11.8 Å². The van der Waals surface area contributed by atoms with E-state index in [1.54, 1.807) is 18.0 Å². The van der Waals surface area contributed by atoms with Crippen molar-refractivity contribution in [2.75, 3.05) is 5.75 Å². The highest BCUT2D eigenvalue weighted by atomic mass is 32.2. The highest BCUT2D eigenvalue weighted by Crippen LogP contribution is 2.17. The Morgan fingerprint density at radius 3 is 2.77 bits per heavy atom. The first-order valence-corrected chi connectivity index (χ1v) is 8.10. The summed E-state index contributed by atoms with van der Waals surface area (Å²) in [4.78, 5) is 13.0. The van der Waals surface area contributed by atoms with Crippen LogP contribution in [0.1, 0.15) is 18.0 Å². The van der Waals surface area contributed by atoms with Crippen molar-refractivity contribution in [1.82, 2.24) is 20.1 Å². The lowest BCUT2D eigenvalue weighted by Gasteiger charge is -1.99. The third-order valence-electron chi connectivity index (χ3n) is 3.04. The van der Waals surface area contributed by atoms with E-state index in [4.69, 9.17) is 4.52 Å². The highest BCUT2D eigenvalue weighted by molar-refractivity contribution is 7.99. The van der Waals surface area contributed by atoms with Gasteiger partial charge in [-0.3, -0.25) is 0 Å². The van der Waals surface area contributed by atoms with Gasteiger partial charge in [0.2, 0.25) is 11.7 Å². The van der Waals surface area contributed by atoms with Gasteiger partial charge in [0.25, 0.3) is 0 Å². The molecule has 0 radical (unpaired) electrons. The van der Waals surface area contributed by atoms with Gasteiger partial charge in [-0.25, -0.2) is 9.97 Å². The summed E-state index contributed by atoms with van der Waals surface area (Å²) in [5.41, 5.74) is 1.96. The first-order chi connectivity index (χ1) is 10.8. The number of nitrogens with zero attached hydrogens (tertiary/aromatic N) is 4. The summed E-state index contributed by atoms with van der Waals surface area (Å²) in [5, 5.41) is 4.83. The standard InChI is InChI=1S/C16H16N4OS/c1-12-9-10-17-16(18-12)22-11-5-8-14-19-15(20-21-14)13-6-3-2-4-7-13/h2-4,6-7,9-10H,5,8,11H2,1H3. The molecule has 1 aromatic carbocycles. The zero-order valence-corrected chi connectivity index (χ0v) is 13.1. The molecule has 0 saturated carbocycles. The predicted molar refractivity (Wildman–Crippen MR) is 85.5 cm³/mol. The van der Waals surface area contributed by atoms with Crippen LogP contribution in [0.2, 0.25) is 0 Å². The van der Waals surface area contributed by atoms with E-state index in [0.717, 1.165) is 35.0 Å². The van der Waals surface area contributed by atoms with Gasteiger partial charge in [0, 0.05) is 29.6 Å². The van der Waals surface area contributed by atoms with Crippen LogP contribution in [0.4, 0.5) is 0 Å². The average molecular weight is 312 g/mol. The predicted octanol–water partition coefficient (Wildman–Crippen LogP) is 3.56. The van der Waals surface area contributed by atoms with Crippen molar-refractivity contribution in [2.45, 2.75) is 24.9 Å². The lowest BCUT2D eigenvalue weighted by atomic mass is 10.2. The summed E-state index contributed by atoms with van der Waals surface area (Å²) in [6, 6.07) is 11.7. The summed E-state index contributed by atoms with van der Waals surface area (Å²) in [7, 11) is 0. The number of benzene rings is 1. The van der Waals surface area contributed by atoms with Crippen molar-refractivity contribution in [3.8, 4) is 11.4 Å². The second-order valence-corrected chi connectivity index (χ2v) is 5.87. The molecule has 0 saturated heterocycles. The molecule has 2 aromatic heterocycles. The SMILES string of the molecule is Cc1ccnc(SCCCc2nc(-c3ccccc3)no2)n1. The molecule has 3 aromatic rings. The van der Waals surface area contributed by atoms with Crippen LogP contribution in [0, 0.1) is 6.92 Å². The van der Waals surface area contributed by atoms with Gasteiger partial charge in [-0.05, 0) is 19.4 Å². The molecule has 0 aliphatic rings. The maximum atomic E-state index is 5.29. The molecule has 0 amide bonds. The molecule has 0 bridgehead atoms. The number of aryl methyl sites for hydroxylation is 2. The van der Waals surface area contributed by atoms with Crippen LogP contribution in [0.25, 0.3) is 11.4 Å². The molecule has 0 fully saturated rings. The average Bonchev–Trinajstić information content (AvgIpc) is 3.01. The van der Waals surface area contributed by atoms with E-state index < -0.39 is 0 Å². The molecule has 0 aliphatic heterocycles. The molecule has 0 atom stereocenters. The molecule has 0 aliphatic carbocycles. The van der Waals surface area contributed by atoms with Gasteiger partial charge in [-0.2, -0.15) is 4.98 Å². The fourth-order valence-electron chi connectivity index (χ4n) is 1.94. The van der Waals surface area contributed by atoms with Gasteiger partial charge in [-0.1, -0.05) is 47.3 Å². The molecule has 6 heteroatoms. The highest BCUT2D eigenvalue weighted by Gasteiger charge is 2.08. The Kier molecular flexibility index (Phi) is 4.80. The number of aromatic nitrogens is 4. The first kappa shape index (κ1) is 14.7. The van der Waals surface area contributed by atoms with E-state index in [1.807, 2.05) is 43.3 Å². The van der Waals surface area contributed by atoms with E-state index in [2.05, 4.69) is 20.1 Å². The maximum Gasteiger partial charge on any atom is 0.226 e. The minimum atomic E-state index is 0.644. The monoisotopic (exact) mass is 312 g/mol. The number of hydrogen-bond acceptors (Lipinski definition) is 6. The molecular formula is C16H16N4OS. The normalized spacial score (nSPS) is 10.8. The summed E-state index contributed by atoms with van der Waals surface area (Å²) in [6.07, 6.45) is 3.49. The largest absolute Gasteiger partial charge is 0.339 e. The van der Waals surface area contributed by atoms with Gasteiger partial charge < -0.3 is 4.52 Å². The van der Waals surface area contributed by atoms with Crippen LogP contribution in [0.3, 0.4) is 0 Å². The number of hydrogen-bond donors (Lipinski definition) is 0. The molecule has 2 heterocycles. The summed E-state index contributed by atoms with van der Waals surface area (Å²) < 4.78 is 5.29. The van der Waals surface area contributed by atoms with Gasteiger partial charge >= 0.3 is 0 Å². The van der Waals surface area contributed by atoms with Gasteiger partial charge in [0.1, 0.15) is 0 Å². The third-order valence-corrected chi connectivity index (χ3v) is 3.99. The Morgan fingerprint density at radius 1 is 1.09 bits per heavy atom. The molecule has 5 nitrogen and oxygen atoms in total. The third kappa shape index (κ3) is 3.92. The molecule has 3 rings (SSSR count). The van der Waals surface area contributed by atoms with Crippen molar-refractivity contribution in [2.24, 2.45) is 0 Å². The number of thioether (sulfide) groups is 1. The van der Waals surface area contributed by atoms with E-state index in [-0.39, 0.29) is 0 Å². The summed E-state index contributed by atoms with van der Waals surface area (Å²) in [6.45, 7) is 1.97. The minimum Gasteiger partial charge on any atom is -0.339 e. The Bertz CT molecular complexity index is 730. The molecular weight excluding hydrogens is 296 g/mol. The summed E-state index contributed by atoms with van der Waals surface area (Å²) in [5.74, 6) is 2.24. The van der Waals surface area contributed by atoms with Crippen LogP contribution >= 0.6 is 11.8 Å². The van der Waals surface area contributed by atoms with Crippen molar-refractivity contribution in [3.63, 3.8) is 0 Å². The van der Waals surface area contributed by atoms with Crippen LogP contribution in [-0.2, 0) is 6.42 Å². The minimum absolute atomic E-state index is 0.644. The fraction of sp³-hybridized carbons (Fsp3) is 0.250. The Labute approximate surface area is 133 Å². The fourth-order valence-corrected chi connectivity index (χ4v) is 2.76. The van der Waals surface area contributed by atoms with Crippen molar-refractivity contribution in [1.29, 1.82) is 0 Å².